The summed E-state index contributed by atoms with van der Waals surface area (Å²) >= 11 is 3.12. The van der Waals surface area contributed by atoms with Gasteiger partial charge in [0.15, 0.2) is 0 Å². The first kappa shape index (κ1) is 17.0. The van der Waals surface area contributed by atoms with E-state index in [9.17, 15) is 9.59 Å². The lowest BCUT2D eigenvalue weighted by atomic mass is 9.95. The number of rotatable bonds is 4. The van der Waals surface area contributed by atoms with E-state index < -0.39 is 0 Å². The molecular formula is C18H20N2O2S2. The Bertz CT molecular complexity index is 708. The molecule has 6 heteroatoms. The lowest BCUT2D eigenvalue weighted by Gasteiger charge is -2.31. The normalized spacial score (nSPS) is 15.3. The van der Waals surface area contributed by atoms with Crippen LogP contribution >= 0.6 is 23.1 Å². The molecule has 3 rings (SSSR count). The number of carbonyl (C=O) groups is 2. The number of nitrogens with one attached hydrogen (secondary N) is 1. The molecule has 1 saturated heterocycles. The third-order valence-electron chi connectivity index (χ3n) is 4.22. The topological polar surface area (TPSA) is 49.4 Å². The maximum absolute atomic E-state index is 12.5. The molecule has 2 amide bonds. The van der Waals surface area contributed by atoms with Gasteiger partial charge in [0.2, 0.25) is 5.91 Å². The van der Waals surface area contributed by atoms with Crippen molar-refractivity contribution in [1.29, 1.82) is 0 Å². The molecule has 0 unspecified atom stereocenters. The van der Waals surface area contributed by atoms with Crippen molar-refractivity contribution in [2.45, 2.75) is 17.7 Å². The van der Waals surface area contributed by atoms with Crippen LogP contribution in [0.1, 0.15) is 22.5 Å². The average Bonchev–Trinajstić information content (AvgIpc) is 3.16. The lowest BCUT2D eigenvalue weighted by Crippen LogP contribution is -2.41. The van der Waals surface area contributed by atoms with Gasteiger partial charge in [-0.3, -0.25) is 9.59 Å². The number of carbonyl (C=O) groups excluding carboxylic acids is 2. The van der Waals surface area contributed by atoms with E-state index in [-0.39, 0.29) is 17.7 Å². The molecule has 0 atom stereocenters. The number of anilines is 1. The number of benzene rings is 1. The molecule has 0 aliphatic carbocycles. The van der Waals surface area contributed by atoms with E-state index in [2.05, 4.69) is 5.32 Å². The first-order chi connectivity index (χ1) is 11.7. The van der Waals surface area contributed by atoms with E-state index in [1.54, 1.807) is 11.8 Å². The highest BCUT2D eigenvalue weighted by molar-refractivity contribution is 7.98. The molecule has 1 aliphatic rings. The fourth-order valence-electron chi connectivity index (χ4n) is 2.85. The summed E-state index contributed by atoms with van der Waals surface area (Å²) in [5.74, 6) is 0.100. The molecule has 0 spiro atoms. The first-order valence-electron chi connectivity index (χ1n) is 7.95. The molecule has 24 heavy (non-hydrogen) atoms. The summed E-state index contributed by atoms with van der Waals surface area (Å²) in [5.41, 5.74) is 0.837. The van der Waals surface area contributed by atoms with Crippen LogP contribution in [-0.4, -0.2) is 36.1 Å². The molecular weight excluding hydrogens is 340 g/mol. The van der Waals surface area contributed by atoms with Gasteiger partial charge in [-0.25, -0.2) is 0 Å². The lowest BCUT2D eigenvalue weighted by molar-refractivity contribution is -0.121. The number of thioether (sulfide) groups is 1. The molecule has 2 heterocycles. The fraction of sp³-hybridized carbons (Fsp3) is 0.333. The number of amides is 2. The third kappa shape index (κ3) is 3.99. The van der Waals surface area contributed by atoms with Gasteiger partial charge in [-0.2, -0.15) is 0 Å². The maximum atomic E-state index is 12.5. The Hall–Kier alpha value is -1.79. The standard InChI is InChI=1S/C18H20N2O2S2/c1-23-15-5-2-4-14(12-15)19-17(21)13-7-9-20(10-8-13)18(22)16-6-3-11-24-16/h2-6,11-13H,7-10H2,1H3,(H,19,21). The maximum Gasteiger partial charge on any atom is 0.263 e. The number of piperidine rings is 1. The minimum absolute atomic E-state index is 0.0321. The minimum Gasteiger partial charge on any atom is -0.338 e. The smallest absolute Gasteiger partial charge is 0.263 e. The summed E-state index contributed by atoms with van der Waals surface area (Å²) in [6.07, 6.45) is 3.44. The number of hydrogen-bond donors (Lipinski definition) is 1. The predicted octanol–water partition coefficient (Wildman–Crippen LogP) is 3.96. The van der Waals surface area contributed by atoms with Gasteiger partial charge in [0.05, 0.1) is 4.88 Å². The van der Waals surface area contributed by atoms with Crippen molar-refractivity contribution in [3.05, 3.63) is 46.7 Å². The molecule has 4 nitrogen and oxygen atoms in total. The van der Waals surface area contributed by atoms with Gasteiger partial charge in [0, 0.05) is 29.6 Å². The molecule has 1 N–H and O–H groups in total. The van der Waals surface area contributed by atoms with Gasteiger partial charge in [-0.05, 0) is 48.7 Å². The number of thiophene rings is 1. The number of hydrogen-bond acceptors (Lipinski definition) is 4. The van der Waals surface area contributed by atoms with Gasteiger partial charge < -0.3 is 10.2 Å². The zero-order valence-corrected chi connectivity index (χ0v) is 15.2. The molecule has 1 fully saturated rings. The highest BCUT2D eigenvalue weighted by Gasteiger charge is 2.28. The van der Waals surface area contributed by atoms with Gasteiger partial charge in [-0.1, -0.05) is 12.1 Å². The molecule has 2 aromatic rings. The first-order valence-corrected chi connectivity index (χ1v) is 10.1. The molecule has 0 saturated carbocycles. The van der Waals surface area contributed by atoms with Crippen molar-refractivity contribution in [3.8, 4) is 0 Å². The van der Waals surface area contributed by atoms with Crippen molar-refractivity contribution in [2.24, 2.45) is 5.92 Å². The van der Waals surface area contributed by atoms with Gasteiger partial charge in [0.1, 0.15) is 0 Å². The highest BCUT2D eigenvalue weighted by atomic mass is 32.2. The summed E-state index contributed by atoms with van der Waals surface area (Å²) in [6, 6.07) is 11.6. The highest BCUT2D eigenvalue weighted by Crippen LogP contribution is 2.23. The minimum atomic E-state index is -0.0321. The van der Waals surface area contributed by atoms with Crippen LogP contribution in [0.3, 0.4) is 0 Å². The fourth-order valence-corrected chi connectivity index (χ4v) is 4.00. The van der Waals surface area contributed by atoms with E-state index in [4.69, 9.17) is 0 Å². The molecule has 0 bridgehead atoms. The molecule has 126 valence electrons. The van der Waals surface area contributed by atoms with Gasteiger partial charge >= 0.3 is 0 Å². The number of nitrogens with zero attached hydrogens (tertiary/aromatic N) is 1. The van der Waals surface area contributed by atoms with E-state index in [1.807, 2.05) is 52.9 Å². The monoisotopic (exact) mass is 360 g/mol. The molecule has 1 aliphatic heterocycles. The van der Waals surface area contributed by atoms with Crippen LogP contribution in [0.4, 0.5) is 5.69 Å². The Balaban J connectivity index is 1.54. The Kier molecular flexibility index (Phi) is 5.58. The van der Waals surface area contributed by atoms with Crippen LogP contribution in [0.15, 0.2) is 46.7 Å². The third-order valence-corrected chi connectivity index (χ3v) is 5.81. The summed E-state index contributed by atoms with van der Waals surface area (Å²) in [6.45, 7) is 1.28. The second-order valence-corrected chi connectivity index (χ2v) is 7.59. The second kappa shape index (κ2) is 7.85. The van der Waals surface area contributed by atoms with E-state index in [0.717, 1.165) is 15.5 Å². The Morgan fingerprint density at radius 1 is 1.21 bits per heavy atom. The summed E-state index contributed by atoms with van der Waals surface area (Å²) in [4.78, 5) is 28.5. The van der Waals surface area contributed by atoms with E-state index in [0.29, 0.717) is 25.9 Å². The van der Waals surface area contributed by atoms with Crippen LogP contribution in [-0.2, 0) is 4.79 Å². The summed E-state index contributed by atoms with van der Waals surface area (Å²) < 4.78 is 0. The van der Waals surface area contributed by atoms with Crippen molar-refractivity contribution in [2.75, 3.05) is 24.7 Å². The van der Waals surface area contributed by atoms with Gasteiger partial charge in [0.25, 0.3) is 5.91 Å². The SMILES string of the molecule is CSc1cccc(NC(=O)C2CCN(C(=O)c3cccs3)CC2)c1. The zero-order chi connectivity index (χ0) is 16.9. The van der Waals surface area contributed by atoms with Crippen molar-refractivity contribution in [3.63, 3.8) is 0 Å². The van der Waals surface area contributed by atoms with Crippen LogP contribution in [0.25, 0.3) is 0 Å². The van der Waals surface area contributed by atoms with Crippen molar-refractivity contribution < 1.29 is 9.59 Å². The average molecular weight is 361 g/mol. The Labute approximate surface area is 150 Å². The van der Waals surface area contributed by atoms with E-state index in [1.165, 1.54) is 11.3 Å². The predicted molar refractivity (Wildman–Crippen MR) is 99.8 cm³/mol. The Morgan fingerprint density at radius 2 is 2.00 bits per heavy atom. The molecule has 1 aromatic heterocycles. The largest absolute Gasteiger partial charge is 0.338 e. The Morgan fingerprint density at radius 3 is 2.67 bits per heavy atom. The van der Waals surface area contributed by atoms with Crippen molar-refractivity contribution in [1.82, 2.24) is 4.90 Å². The summed E-state index contributed by atoms with van der Waals surface area (Å²) in [7, 11) is 0. The van der Waals surface area contributed by atoms with Crippen LogP contribution in [0, 0.1) is 5.92 Å². The van der Waals surface area contributed by atoms with E-state index >= 15 is 0 Å². The van der Waals surface area contributed by atoms with Gasteiger partial charge in [-0.15, -0.1) is 23.1 Å². The van der Waals surface area contributed by atoms with Crippen molar-refractivity contribution >= 4 is 40.6 Å². The quantitative estimate of drug-likeness (QED) is 0.840. The zero-order valence-electron chi connectivity index (χ0n) is 13.5. The van der Waals surface area contributed by atoms with Crippen LogP contribution in [0.5, 0.6) is 0 Å². The number of likely N-dealkylation sites (tertiary alicyclic amines) is 1. The second-order valence-electron chi connectivity index (χ2n) is 5.76. The molecule has 1 aromatic carbocycles. The molecule has 0 radical (unpaired) electrons. The summed E-state index contributed by atoms with van der Waals surface area (Å²) in [5, 5.41) is 4.92. The van der Waals surface area contributed by atoms with Crippen LogP contribution < -0.4 is 5.32 Å². The van der Waals surface area contributed by atoms with Crippen LogP contribution in [0.2, 0.25) is 0 Å².